The minimum absolute atomic E-state index is 0.0803. The number of hydrogen-bond acceptors (Lipinski definition) is 4. The second-order valence-corrected chi connectivity index (χ2v) is 5.83. The van der Waals surface area contributed by atoms with Crippen LogP contribution in [0.1, 0.15) is 42.7 Å². The molecule has 1 aromatic heterocycles. The SMILES string of the molecule is CCCN(CCC)C(=O)c1ccnc(NCCc2ccccc2F)n1. The van der Waals surface area contributed by atoms with Gasteiger partial charge in [-0.05, 0) is 37.0 Å². The van der Waals surface area contributed by atoms with Gasteiger partial charge in [0.25, 0.3) is 5.91 Å². The van der Waals surface area contributed by atoms with Crippen LogP contribution >= 0.6 is 0 Å². The molecule has 1 aromatic carbocycles. The van der Waals surface area contributed by atoms with E-state index in [0.717, 1.165) is 12.8 Å². The highest BCUT2D eigenvalue weighted by atomic mass is 19.1. The van der Waals surface area contributed by atoms with Gasteiger partial charge in [-0.2, -0.15) is 0 Å². The lowest BCUT2D eigenvalue weighted by Crippen LogP contribution is -2.33. The van der Waals surface area contributed by atoms with Gasteiger partial charge in [0, 0.05) is 25.8 Å². The quantitative estimate of drug-likeness (QED) is 0.756. The number of amides is 1. The molecule has 134 valence electrons. The molecule has 2 aromatic rings. The van der Waals surface area contributed by atoms with Gasteiger partial charge in [0.15, 0.2) is 0 Å². The number of benzene rings is 1. The molecule has 0 fully saturated rings. The third-order valence-electron chi connectivity index (χ3n) is 3.78. The maximum absolute atomic E-state index is 13.6. The molecule has 0 saturated heterocycles. The van der Waals surface area contributed by atoms with E-state index in [-0.39, 0.29) is 11.7 Å². The normalized spacial score (nSPS) is 10.5. The van der Waals surface area contributed by atoms with Crippen molar-refractivity contribution in [2.45, 2.75) is 33.1 Å². The Morgan fingerprint density at radius 1 is 1.16 bits per heavy atom. The fourth-order valence-electron chi connectivity index (χ4n) is 2.59. The Bertz CT molecular complexity index is 687. The van der Waals surface area contributed by atoms with Crippen molar-refractivity contribution in [3.8, 4) is 0 Å². The van der Waals surface area contributed by atoms with Crippen molar-refractivity contribution in [2.24, 2.45) is 0 Å². The summed E-state index contributed by atoms with van der Waals surface area (Å²) in [7, 11) is 0. The number of carbonyl (C=O) groups is 1. The van der Waals surface area contributed by atoms with Crippen molar-refractivity contribution in [3.05, 3.63) is 53.6 Å². The number of halogens is 1. The van der Waals surface area contributed by atoms with Crippen molar-refractivity contribution in [3.63, 3.8) is 0 Å². The Kier molecular flexibility index (Phi) is 7.32. The zero-order valence-corrected chi connectivity index (χ0v) is 14.8. The molecule has 0 aliphatic carbocycles. The van der Waals surface area contributed by atoms with Crippen LogP contribution in [0.15, 0.2) is 36.5 Å². The van der Waals surface area contributed by atoms with Crippen LogP contribution in [0.2, 0.25) is 0 Å². The highest BCUT2D eigenvalue weighted by Gasteiger charge is 2.16. The van der Waals surface area contributed by atoms with E-state index < -0.39 is 0 Å². The highest BCUT2D eigenvalue weighted by molar-refractivity contribution is 5.92. The van der Waals surface area contributed by atoms with E-state index in [9.17, 15) is 9.18 Å². The summed E-state index contributed by atoms with van der Waals surface area (Å²) in [6.07, 6.45) is 3.91. The predicted octanol–water partition coefficient (Wildman–Crippen LogP) is 3.53. The Morgan fingerprint density at radius 2 is 1.88 bits per heavy atom. The van der Waals surface area contributed by atoms with E-state index in [1.807, 2.05) is 24.8 Å². The fourth-order valence-corrected chi connectivity index (χ4v) is 2.59. The standard InChI is InChI=1S/C19H25FN4O/c1-3-13-24(14-4-2)18(25)17-10-12-22-19(23-17)21-11-9-15-7-5-6-8-16(15)20/h5-8,10,12H,3-4,9,11,13-14H2,1-2H3,(H,21,22,23). The van der Waals surface area contributed by atoms with Crippen LogP contribution in [0.5, 0.6) is 0 Å². The number of nitrogens with one attached hydrogen (secondary N) is 1. The topological polar surface area (TPSA) is 58.1 Å². The maximum atomic E-state index is 13.6. The Hall–Kier alpha value is -2.50. The second-order valence-electron chi connectivity index (χ2n) is 5.83. The first kappa shape index (κ1) is 18.8. The maximum Gasteiger partial charge on any atom is 0.272 e. The van der Waals surface area contributed by atoms with Crippen molar-refractivity contribution in [1.82, 2.24) is 14.9 Å². The lowest BCUT2D eigenvalue weighted by Gasteiger charge is -2.21. The number of hydrogen-bond donors (Lipinski definition) is 1. The van der Waals surface area contributed by atoms with E-state index in [1.54, 1.807) is 24.4 Å². The molecule has 25 heavy (non-hydrogen) atoms. The molecule has 5 nitrogen and oxygen atoms in total. The van der Waals surface area contributed by atoms with E-state index in [4.69, 9.17) is 0 Å². The molecule has 6 heteroatoms. The molecule has 0 saturated carbocycles. The zero-order valence-electron chi connectivity index (χ0n) is 14.8. The number of anilines is 1. The lowest BCUT2D eigenvalue weighted by molar-refractivity contribution is 0.0749. The third-order valence-corrected chi connectivity index (χ3v) is 3.78. The first-order valence-corrected chi connectivity index (χ1v) is 8.75. The predicted molar refractivity (Wildman–Crippen MR) is 97.1 cm³/mol. The van der Waals surface area contributed by atoms with Crippen LogP contribution in [0, 0.1) is 5.82 Å². The first-order valence-electron chi connectivity index (χ1n) is 8.75. The van der Waals surface area contributed by atoms with Crippen LogP contribution < -0.4 is 5.32 Å². The van der Waals surface area contributed by atoms with Gasteiger partial charge in [-0.25, -0.2) is 14.4 Å². The highest BCUT2D eigenvalue weighted by Crippen LogP contribution is 2.09. The third kappa shape index (κ3) is 5.52. The number of carbonyl (C=O) groups excluding carboxylic acids is 1. The van der Waals surface area contributed by atoms with Gasteiger partial charge in [0.2, 0.25) is 5.95 Å². The van der Waals surface area contributed by atoms with Gasteiger partial charge >= 0.3 is 0 Å². The number of rotatable bonds is 9. The van der Waals surface area contributed by atoms with Crippen LogP contribution in [-0.2, 0) is 6.42 Å². The van der Waals surface area contributed by atoms with Crippen molar-refractivity contribution in [2.75, 3.05) is 25.0 Å². The van der Waals surface area contributed by atoms with Crippen LogP contribution in [0.25, 0.3) is 0 Å². The largest absolute Gasteiger partial charge is 0.354 e. The molecule has 1 N–H and O–H groups in total. The van der Waals surface area contributed by atoms with Gasteiger partial charge in [-0.3, -0.25) is 4.79 Å². The van der Waals surface area contributed by atoms with Crippen molar-refractivity contribution >= 4 is 11.9 Å². The second kappa shape index (κ2) is 9.71. The van der Waals surface area contributed by atoms with Gasteiger partial charge in [-0.1, -0.05) is 32.0 Å². The average Bonchev–Trinajstić information content (AvgIpc) is 2.63. The molecule has 0 spiro atoms. The van der Waals surface area contributed by atoms with E-state index in [2.05, 4.69) is 15.3 Å². The molecule has 0 radical (unpaired) electrons. The summed E-state index contributed by atoms with van der Waals surface area (Å²) in [4.78, 5) is 22.8. The molecule has 0 unspecified atom stereocenters. The molecular weight excluding hydrogens is 319 g/mol. The van der Waals surface area contributed by atoms with E-state index in [1.165, 1.54) is 6.07 Å². The van der Waals surface area contributed by atoms with Gasteiger partial charge in [0.1, 0.15) is 11.5 Å². The van der Waals surface area contributed by atoms with Crippen LogP contribution in [-0.4, -0.2) is 40.4 Å². The summed E-state index contributed by atoms with van der Waals surface area (Å²) in [6, 6.07) is 8.31. The van der Waals surface area contributed by atoms with Crippen LogP contribution in [0.3, 0.4) is 0 Å². The molecular formula is C19H25FN4O. The Labute approximate surface area is 148 Å². The summed E-state index contributed by atoms with van der Waals surface area (Å²) in [5, 5.41) is 3.06. The van der Waals surface area contributed by atoms with E-state index >= 15 is 0 Å². The summed E-state index contributed by atoms with van der Waals surface area (Å²) in [5.74, 6) is 0.0855. The van der Waals surface area contributed by atoms with Gasteiger partial charge < -0.3 is 10.2 Å². The molecule has 1 amide bonds. The fraction of sp³-hybridized carbons (Fsp3) is 0.421. The first-order chi connectivity index (χ1) is 12.2. The Morgan fingerprint density at radius 3 is 2.56 bits per heavy atom. The van der Waals surface area contributed by atoms with Gasteiger partial charge in [0.05, 0.1) is 0 Å². The smallest absolute Gasteiger partial charge is 0.272 e. The molecule has 0 aliphatic heterocycles. The van der Waals surface area contributed by atoms with Crippen molar-refractivity contribution < 1.29 is 9.18 Å². The molecule has 1 heterocycles. The molecule has 0 aliphatic rings. The summed E-state index contributed by atoms with van der Waals surface area (Å²) >= 11 is 0. The Balaban J connectivity index is 1.98. The molecule has 0 atom stereocenters. The zero-order chi connectivity index (χ0) is 18.1. The summed E-state index contributed by atoms with van der Waals surface area (Å²) in [6.45, 7) is 6.02. The average molecular weight is 344 g/mol. The minimum atomic E-state index is -0.219. The monoisotopic (exact) mass is 344 g/mol. The summed E-state index contributed by atoms with van der Waals surface area (Å²) in [5.41, 5.74) is 1.02. The number of nitrogens with zero attached hydrogens (tertiary/aromatic N) is 3. The summed E-state index contributed by atoms with van der Waals surface area (Å²) < 4.78 is 13.6. The molecule has 0 bridgehead atoms. The lowest BCUT2D eigenvalue weighted by atomic mass is 10.1. The molecule has 2 rings (SSSR count). The minimum Gasteiger partial charge on any atom is -0.354 e. The number of aromatic nitrogens is 2. The van der Waals surface area contributed by atoms with E-state index in [0.29, 0.717) is 43.3 Å². The van der Waals surface area contributed by atoms with Gasteiger partial charge in [-0.15, -0.1) is 0 Å². The van der Waals surface area contributed by atoms with Crippen LogP contribution in [0.4, 0.5) is 10.3 Å². The van der Waals surface area contributed by atoms with Crippen molar-refractivity contribution in [1.29, 1.82) is 0 Å².